The minimum atomic E-state index is 0.546. The van der Waals surface area contributed by atoms with Crippen molar-refractivity contribution in [3.05, 3.63) is 132 Å². The number of rotatable bonds is 13. The van der Waals surface area contributed by atoms with Gasteiger partial charge in [0.2, 0.25) is 0 Å². The molecule has 2 heterocycles. The Morgan fingerprint density at radius 2 is 1.29 bits per heavy atom. The summed E-state index contributed by atoms with van der Waals surface area (Å²) in [5.74, 6) is 4.18. The lowest BCUT2D eigenvalue weighted by molar-refractivity contribution is 0.189. The number of pyridine rings is 2. The highest BCUT2D eigenvalue weighted by Crippen LogP contribution is 2.50. The van der Waals surface area contributed by atoms with Crippen molar-refractivity contribution in [2.75, 3.05) is 20.8 Å². The zero-order chi connectivity index (χ0) is 29.0. The molecular weight excluding hydrogens is 524 g/mol. The first-order chi connectivity index (χ1) is 20.7. The summed E-state index contributed by atoms with van der Waals surface area (Å²) in [6, 6.07) is 24.6. The Labute approximate surface area is 249 Å². The summed E-state index contributed by atoms with van der Waals surface area (Å²) in [5.41, 5.74) is 4.87. The minimum absolute atomic E-state index is 0.546. The van der Waals surface area contributed by atoms with Gasteiger partial charge in [0.05, 0.1) is 25.8 Å². The molecule has 6 nitrogen and oxygen atoms in total. The summed E-state index contributed by atoms with van der Waals surface area (Å²) in [6.45, 7) is 2.01. The van der Waals surface area contributed by atoms with Gasteiger partial charge in [-0.1, -0.05) is 60.7 Å². The Hall–Kier alpha value is -4.16. The lowest BCUT2D eigenvalue weighted by Gasteiger charge is -2.07. The van der Waals surface area contributed by atoms with E-state index in [1.54, 1.807) is 32.9 Å². The van der Waals surface area contributed by atoms with Crippen LogP contribution in [0, 0.1) is 11.8 Å². The zero-order valence-corrected chi connectivity index (χ0v) is 24.5. The first-order valence-electron chi connectivity index (χ1n) is 14.6. The van der Waals surface area contributed by atoms with Gasteiger partial charge in [0.1, 0.15) is 24.7 Å². The fraction of sp³-hybridized carbons (Fsp3) is 0.333. The number of allylic oxidation sites excluding steroid dienone is 1. The van der Waals surface area contributed by atoms with Crippen molar-refractivity contribution in [3.63, 3.8) is 0 Å². The Bertz CT molecular complexity index is 1400. The van der Waals surface area contributed by atoms with E-state index in [0.717, 1.165) is 42.4 Å². The van der Waals surface area contributed by atoms with Gasteiger partial charge in [-0.25, -0.2) is 0 Å². The summed E-state index contributed by atoms with van der Waals surface area (Å²) in [7, 11) is 3.43. The molecule has 2 aromatic heterocycles. The molecule has 0 spiro atoms. The van der Waals surface area contributed by atoms with E-state index in [-0.39, 0.29) is 0 Å². The lowest BCUT2D eigenvalue weighted by atomic mass is 10.1. The maximum absolute atomic E-state index is 5.84. The summed E-state index contributed by atoms with van der Waals surface area (Å²) >= 11 is 0. The van der Waals surface area contributed by atoms with Crippen LogP contribution in [0.4, 0.5) is 0 Å². The van der Waals surface area contributed by atoms with Gasteiger partial charge in [-0.3, -0.25) is 9.97 Å². The molecule has 218 valence electrons. The Kier molecular flexibility index (Phi) is 10.6. The van der Waals surface area contributed by atoms with E-state index >= 15 is 0 Å². The number of methoxy groups -OCH3 is 2. The molecule has 6 rings (SSSR count). The molecule has 6 heteroatoms. The van der Waals surface area contributed by atoms with Gasteiger partial charge >= 0.3 is 0 Å². The van der Waals surface area contributed by atoms with Crippen LogP contribution in [0.5, 0.6) is 11.5 Å². The molecule has 0 unspecified atom stereocenters. The third kappa shape index (κ3) is 8.92. The van der Waals surface area contributed by atoms with Gasteiger partial charge in [-0.05, 0) is 83.4 Å². The van der Waals surface area contributed by atoms with Crippen molar-refractivity contribution < 1.29 is 18.9 Å². The van der Waals surface area contributed by atoms with E-state index in [0.29, 0.717) is 31.0 Å². The molecule has 2 fully saturated rings. The Balaban J connectivity index is 0.000000168. The number of nitrogens with zero attached hydrogens (tertiary/aromatic N) is 2. The second-order valence-corrected chi connectivity index (χ2v) is 10.9. The molecule has 0 aliphatic heterocycles. The highest BCUT2D eigenvalue weighted by Gasteiger charge is 2.38. The molecule has 2 saturated carbocycles. The SMILES string of the molecule is COC=C[C@H]1C[C@@H]1c1cncc(OCc2ccccc2)c1.COCC[C@H]1C[C@@H]1c1cncc(OCc2ccccc2)c1. The third-order valence-corrected chi connectivity index (χ3v) is 7.74. The molecule has 0 radical (unpaired) electrons. The molecule has 0 saturated heterocycles. The number of aromatic nitrogens is 2. The molecule has 2 aliphatic rings. The predicted molar refractivity (Wildman–Crippen MR) is 164 cm³/mol. The van der Waals surface area contributed by atoms with E-state index < -0.39 is 0 Å². The number of benzene rings is 2. The zero-order valence-electron chi connectivity index (χ0n) is 24.5. The van der Waals surface area contributed by atoms with Crippen molar-refractivity contribution in [2.45, 2.75) is 44.3 Å². The van der Waals surface area contributed by atoms with Crippen LogP contribution in [-0.4, -0.2) is 30.8 Å². The van der Waals surface area contributed by atoms with Crippen LogP contribution in [0.3, 0.4) is 0 Å². The molecule has 2 aliphatic carbocycles. The van der Waals surface area contributed by atoms with Crippen LogP contribution >= 0.6 is 0 Å². The summed E-state index contributed by atoms with van der Waals surface area (Å²) in [6.07, 6.45) is 14.9. The standard InChI is InChI=1S/C18H21NO2.C18H19NO2/c2*1-20-8-7-15-10-18(15)16-9-17(12-19-11-16)21-13-14-5-3-2-4-6-14/h2-6,9,11-12,15,18H,7-8,10,13H2,1H3;2-9,11-12,15,18H,10,13H2,1H3/t2*15-,18-/m00/s1. The van der Waals surface area contributed by atoms with E-state index in [1.165, 1.54) is 23.1 Å². The first kappa shape index (κ1) is 29.3. The second-order valence-electron chi connectivity index (χ2n) is 10.9. The molecule has 2 aromatic carbocycles. The van der Waals surface area contributed by atoms with E-state index in [4.69, 9.17) is 18.9 Å². The van der Waals surface area contributed by atoms with Crippen LogP contribution < -0.4 is 9.47 Å². The second kappa shape index (κ2) is 15.2. The van der Waals surface area contributed by atoms with E-state index in [9.17, 15) is 0 Å². The first-order valence-corrected chi connectivity index (χ1v) is 14.6. The average molecular weight is 565 g/mol. The summed E-state index contributed by atoms with van der Waals surface area (Å²) in [5, 5.41) is 0. The largest absolute Gasteiger partial charge is 0.505 e. The Morgan fingerprint density at radius 3 is 1.83 bits per heavy atom. The maximum Gasteiger partial charge on any atom is 0.138 e. The van der Waals surface area contributed by atoms with Crippen LogP contribution in [0.15, 0.2) is 110 Å². The van der Waals surface area contributed by atoms with Crippen molar-refractivity contribution in [2.24, 2.45) is 11.8 Å². The van der Waals surface area contributed by atoms with E-state index in [1.807, 2.05) is 48.8 Å². The predicted octanol–water partition coefficient (Wildman–Crippen LogP) is 7.72. The molecule has 0 N–H and O–H groups in total. The lowest BCUT2D eigenvalue weighted by Crippen LogP contribution is -1.97. The van der Waals surface area contributed by atoms with E-state index in [2.05, 4.69) is 52.4 Å². The summed E-state index contributed by atoms with van der Waals surface area (Å²) < 4.78 is 21.8. The molecule has 0 bridgehead atoms. The quantitative estimate of drug-likeness (QED) is 0.155. The van der Waals surface area contributed by atoms with Crippen molar-refractivity contribution in [3.8, 4) is 11.5 Å². The number of ether oxygens (including phenoxy) is 4. The van der Waals surface area contributed by atoms with Gasteiger partial charge in [0.15, 0.2) is 0 Å². The van der Waals surface area contributed by atoms with Crippen LogP contribution in [0.25, 0.3) is 0 Å². The van der Waals surface area contributed by atoms with Crippen LogP contribution in [0.1, 0.15) is 53.4 Å². The molecule has 0 amide bonds. The van der Waals surface area contributed by atoms with Gasteiger partial charge < -0.3 is 18.9 Å². The molecule has 4 atom stereocenters. The normalized spacial score (nSPS) is 20.3. The van der Waals surface area contributed by atoms with Crippen molar-refractivity contribution in [1.82, 2.24) is 9.97 Å². The van der Waals surface area contributed by atoms with Crippen LogP contribution in [-0.2, 0) is 22.7 Å². The minimum Gasteiger partial charge on any atom is -0.505 e. The average Bonchev–Trinajstić information content (AvgIpc) is 3.98. The summed E-state index contributed by atoms with van der Waals surface area (Å²) in [4.78, 5) is 8.61. The highest BCUT2D eigenvalue weighted by molar-refractivity contribution is 5.32. The van der Waals surface area contributed by atoms with Gasteiger partial charge in [0, 0.05) is 26.1 Å². The van der Waals surface area contributed by atoms with Crippen molar-refractivity contribution in [1.29, 1.82) is 0 Å². The third-order valence-electron chi connectivity index (χ3n) is 7.74. The molecule has 4 aromatic rings. The topological polar surface area (TPSA) is 62.7 Å². The fourth-order valence-corrected chi connectivity index (χ4v) is 5.15. The molecule has 42 heavy (non-hydrogen) atoms. The maximum atomic E-state index is 5.84. The van der Waals surface area contributed by atoms with Crippen LogP contribution in [0.2, 0.25) is 0 Å². The Morgan fingerprint density at radius 1 is 0.714 bits per heavy atom. The van der Waals surface area contributed by atoms with Gasteiger partial charge in [-0.2, -0.15) is 0 Å². The monoisotopic (exact) mass is 564 g/mol. The number of hydrogen-bond donors (Lipinski definition) is 0. The highest BCUT2D eigenvalue weighted by atomic mass is 16.5. The number of hydrogen-bond acceptors (Lipinski definition) is 6. The fourth-order valence-electron chi connectivity index (χ4n) is 5.15. The van der Waals surface area contributed by atoms with Crippen molar-refractivity contribution >= 4 is 0 Å². The smallest absolute Gasteiger partial charge is 0.138 e. The molecular formula is C36H40N2O4. The van der Waals surface area contributed by atoms with Gasteiger partial charge in [-0.15, -0.1) is 0 Å². The van der Waals surface area contributed by atoms with Gasteiger partial charge in [0.25, 0.3) is 0 Å².